The number of nitrogen functional groups attached to an aromatic ring is 1. The summed E-state index contributed by atoms with van der Waals surface area (Å²) in [5, 5.41) is 17.3. The monoisotopic (exact) mass is 537 g/mol. The van der Waals surface area contributed by atoms with E-state index < -0.39 is 23.5 Å². The SMILES string of the molecule is COc1ccc(Cc2ccc(N3C[C@H](NC(=O)/C(=N\OC(C)(C)C(=O)O)c4csc(N)n4)C3=O)cc2)cc1. The third-order valence-corrected chi connectivity index (χ3v) is 6.58. The lowest BCUT2D eigenvalue weighted by atomic mass is 10.0. The summed E-state index contributed by atoms with van der Waals surface area (Å²) in [4.78, 5) is 47.8. The molecule has 0 bridgehead atoms. The fraction of sp³-hybridized carbons (Fsp3) is 0.269. The molecule has 1 fully saturated rings. The number of thiazole rings is 1. The van der Waals surface area contributed by atoms with Crippen molar-refractivity contribution in [3.8, 4) is 5.75 Å². The molecular formula is C26H27N5O6S. The number of aromatic nitrogens is 1. The number of carbonyl (C=O) groups is 3. The van der Waals surface area contributed by atoms with E-state index in [0.717, 1.165) is 34.6 Å². The lowest BCUT2D eigenvalue weighted by Gasteiger charge is -2.38. The molecule has 4 rings (SSSR count). The summed E-state index contributed by atoms with van der Waals surface area (Å²) in [6, 6.07) is 14.7. The summed E-state index contributed by atoms with van der Waals surface area (Å²) < 4.78 is 5.19. The Balaban J connectivity index is 1.39. The average molecular weight is 538 g/mol. The number of hydrogen-bond donors (Lipinski definition) is 3. The number of ether oxygens (including phenoxy) is 1. The van der Waals surface area contributed by atoms with Gasteiger partial charge in [-0.3, -0.25) is 9.59 Å². The molecule has 1 aliphatic rings. The highest BCUT2D eigenvalue weighted by molar-refractivity contribution is 7.13. The van der Waals surface area contributed by atoms with Gasteiger partial charge in [0.15, 0.2) is 10.8 Å². The average Bonchev–Trinajstić information content (AvgIpc) is 3.32. The topological polar surface area (TPSA) is 156 Å². The van der Waals surface area contributed by atoms with Crippen LogP contribution in [0.25, 0.3) is 0 Å². The standard InChI is InChI=1S/C26H27N5O6S/c1-26(2,24(34)35)37-30-21(20-14-38-25(27)29-20)22(32)28-19-13-31(23(19)33)17-8-4-15(5-9-17)12-16-6-10-18(36-3)11-7-16/h4-11,14,19H,12-13H2,1-3H3,(H2,27,29)(H,28,32)(H,34,35)/b30-21-/t19-/m0/s1. The number of amides is 2. The van der Waals surface area contributed by atoms with Crippen molar-refractivity contribution in [2.45, 2.75) is 31.9 Å². The lowest BCUT2D eigenvalue weighted by Crippen LogP contribution is -2.65. The molecule has 2 heterocycles. The van der Waals surface area contributed by atoms with Crippen molar-refractivity contribution in [1.29, 1.82) is 0 Å². The maximum absolute atomic E-state index is 13.0. The van der Waals surface area contributed by atoms with Gasteiger partial charge >= 0.3 is 5.97 Å². The highest BCUT2D eigenvalue weighted by atomic mass is 32.1. The number of carbonyl (C=O) groups excluding carboxylic acids is 2. The molecule has 0 saturated carbocycles. The van der Waals surface area contributed by atoms with E-state index in [1.807, 2.05) is 48.5 Å². The number of carboxylic acid groups (broad SMARTS) is 1. The fourth-order valence-electron chi connectivity index (χ4n) is 3.57. The number of methoxy groups -OCH3 is 1. The highest BCUT2D eigenvalue weighted by Gasteiger charge is 2.40. The predicted molar refractivity (Wildman–Crippen MR) is 142 cm³/mol. The van der Waals surface area contributed by atoms with Crippen LogP contribution in [0.2, 0.25) is 0 Å². The number of benzene rings is 2. The van der Waals surface area contributed by atoms with Crippen molar-refractivity contribution in [3.05, 3.63) is 70.7 Å². The third kappa shape index (κ3) is 5.92. The number of carboxylic acids is 1. The second-order valence-corrected chi connectivity index (χ2v) is 9.97. The van der Waals surface area contributed by atoms with Crippen molar-refractivity contribution in [3.63, 3.8) is 0 Å². The molecule has 12 heteroatoms. The Labute approximate surface area is 222 Å². The van der Waals surface area contributed by atoms with E-state index in [9.17, 15) is 19.5 Å². The number of aliphatic carboxylic acids is 1. The molecule has 1 atom stereocenters. The van der Waals surface area contributed by atoms with Crippen LogP contribution in [0.1, 0.15) is 30.7 Å². The molecule has 38 heavy (non-hydrogen) atoms. The smallest absolute Gasteiger partial charge is 0.350 e. The summed E-state index contributed by atoms with van der Waals surface area (Å²) >= 11 is 1.08. The number of anilines is 2. The van der Waals surface area contributed by atoms with E-state index in [0.29, 0.717) is 5.69 Å². The van der Waals surface area contributed by atoms with Crippen LogP contribution in [-0.4, -0.2) is 58.9 Å². The van der Waals surface area contributed by atoms with E-state index in [4.69, 9.17) is 15.3 Å². The molecule has 3 aromatic rings. The van der Waals surface area contributed by atoms with Gasteiger partial charge in [0, 0.05) is 11.1 Å². The van der Waals surface area contributed by atoms with Crippen molar-refractivity contribution < 1.29 is 29.1 Å². The van der Waals surface area contributed by atoms with Crippen molar-refractivity contribution in [2.24, 2.45) is 5.16 Å². The van der Waals surface area contributed by atoms with Crippen molar-refractivity contribution in [2.75, 3.05) is 24.3 Å². The number of rotatable bonds is 10. The largest absolute Gasteiger partial charge is 0.497 e. The number of oxime groups is 1. The van der Waals surface area contributed by atoms with Crippen molar-refractivity contribution in [1.82, 2.24) is 10.3 Å². The number of β-lactam (4-membered cyclic amide) rings is 1. The summed E-state index contributed by atoms with van der Waals surface area (Å²) in [5.41, 5.74) is 6.76. The molecule has 0 spiro atoms. The minimum Gasteiger partial charge on any atom is -0.497 e. The van der Waals surface area contributed by atoms with Crippen LogP contribution in [0.5, 0.6) is 5.75 Å². The van der Waals surface area contributed by atoms with Crippen LogP contribution < -0.4 is 20.7 Å². The van der Waals surface area contributed by atoms with E-state index in [1.165, 1.54) is 19.2 Å². The van der Waals surface area contributed by atoms with Gasteiger partial charge in [-0.1, -0.05) is 29.4 Å². The predicted octanol–water partition coefficient (Wildman–Crippen LogP) is 2.44. The fourth-order valence-corrected chi connectivity index (χ4v) is 4.11. The van der Waals surface area contributed by atoms with Crippen LogP contribution in [0, 0.1) is 0 Å². The number of nitrogens with one attached hydrogen (secondary N) is 1. The van der Waals surface area contributed by atoms with Gasteiger partial charge in [-0.15, -0.1) is 11.3 Å². The highest BCUT2D eigenvalue weighted by Crippen LogP contribution is 2.24. The van der Waals surface area contributed by atoms with E-state index in [1.54, 1.807) is 12.0 Å². The van der Waals surface area contributed by atoms with Gasteiger partial charge in [0.2, 0.25) is 5.60 Å². The molecule has 1 aliphatic heterocycles. The summed E-state index contributed by atoms with van der Waals surface area (Å²) in [5.74, 6) is -1.49. The Kier molecular flexibility index (Phi) is 7.62. The first-order valence-electron chi connectivity index (χ1n) is 11.6. The van der Waals surface area contributed by atoms with Crippen LogP contribution >= 0.6 is 11.3 Å². The van der Waals surface area contributed by atoms with Crippen LogP contribution in [0.15, 0.2) is 59.1 Å². The maximum Gasteiger partial charge on any atom is 0.350 e. The second-order valence-electron chi connectivity index (χ2n) is 9.08. The molecule has 1 aromatic heterocycles. The number of nitrogens with two attached hydrogens (primary N) is 1. The summed E-state index contributed by atoms with van der Waals surface area (Å²) in [6.45, 7) is 2.84. The van der Waals surface area contributed by atoms with Crippen LogP contribution in [0.4, 0.5) is 10.8 Å². The Bertz CT molecular complexity index is 1370. The second kappa shape index (κ2) is 10.9. The lowest BCUT2D eigenvalue weighted by molar-refractivity contribution is -0.161. The number of hydrogen-bond acceptors (Lipinski definition) is 9. The summed E-state index contributed by atoms with van der Waals surface area (Å²) in [7, 11) is 1.63. The minimum atomic E-state index is -1.68. The molecule has 2 aromatic carbocycles. The quantitative estimate of drug-likeness (QED) is 0.202. The van der Waals surface area contributed by atoms with E-state index >= 15 is 0 Å². The Hall–Kier alpha value is -4.45. The zero-order chi connectivity index (χ0) is 27.4. The molecule has 0 unspecified atom stereocenters. The van der Waals surface area contributed by atoms with Crippen molar-refractivity contribution >= 4 is 45.7 Å². The van der Waals surface area contributed by atoms with Gasteiger partial charge < -0.3 is 30.6 Å². The number of nitrogens with zero attached hydrogens (tertiary/aromatic N) is 3. The zero-order valence-corrected chi connectivity index (χ0v) is 21.8. The third-order valence-electron chi connectivity index (χ3n) is 5.91. The molecule has 4 N–H and O–H groups in total. The molecule has 198 valence electrons. The Morgan fingerprint density at radius 2 is 1.82 bits per heavy atom. The Morgan fingerprint density at radius 3 is 2.34 bits per heavy atom. The molecule has 1 saturated heterocycles. The van der Waals surface area contributed by atoms with Crippen LogP contribution in [0.3, 0.4) is 0 Å². The van der Waals surface area contributed by atoms with Gasteiger partial charge in [0.1, 0.15) is 17.5 Å². The Morgan fingerprint density at radius 1 is 1.18 bits per heavy atom. The first-order valence-corrected chi connectivity index (χ1v) is 12.5. The van der Waals surface area contributed by atoms with Gasteiger partial charge in [-0.25, -0.2) is 9.78 Å². The normalized spacial score (nSPS) is 15.6. The summed E-state index contributed by atoms with van der Waals surface area (Å²) in [6.07, 6.45) is 0.737. The van der Waals surface area contributed by atoms with E-state index in [2.05, 4.69) is 15.5 Å². The zero-order valence-electron chi connectivity index (χ0n) is 21.0. The molecule has 2 amide bonds. The van der Waals surface area contributed by atoms with Gasteiger partial charge in [-0.05, 0) is 55.7 Å². The van der Waals surface area contributed by atoms with Gasteiger partial charge in [-0.2, -0.15) is 0 Å². The van der Waals surface area contributed by atoms with Gasteiger partial charge in [0.05, 0.1) is 13.7 Å². The maximum atomic E-state index is 13.0. The molecule has 0 radical (unpaired) electrons. The van der Waals surface area contributed by atoms with Gasteiger partial charge in [0.25, 0.3) is 11.8 Å². The first-order chi connectivity index (χ1) is 18.1. The minimum absolute atomic E-state index is 0.113. The molecule has 11 nitrogen and oxygen atoms in total. The molecular weight excluding hydrogens is 510 g/mol. The van der Waals surface area contributed by atoms with E-state index in [-0.39, 0.29) is 29.0 Å². The molecule has 0 aliphatic carbocycles. The van der Waals surface area contributed by atoms with Crippen LogP contribution in [-0.2, 0) is 25.6 Å². The first kappa shape index (κ1) is 26.6.